The van der Waals surface area contributed by atoms with Gasteiger partial charge in [0.25, 0.3) is 0 Å². The first kappa shape index (κ1) is 6.58. The Hall–Kier alpha value is -1.12. The average Bonchev–Trinajstić information content (AvgIpc) is 2.75. The van der Waals surface area contributed by atoms with Crippen LogP contribution in [0.5, 0.6) is 0 Å². The fourth-order valence-corrected chi connectivity index (χ4v) is 1.29. The van der Waals surface area contributed by atoms with Crippen molar-refractivity contribution >= 4 is 6.29 Å². The minimum Gasteiger partial charge on any atom is -0.301 e. The van der Waals surface area contributed by atoms with Gasteiger partial charge in [-0.1, -0.05) is 0 Å². The Morgan fingerprint density at radius 1 is 1.73 bits per heavy atom. The van der Waals surface area contributed by atoms with Gasteiger partial charge in [0.15, 0.2) is 0 Å². The predicted molar refractivity (Wildman–Crippen MR) is 40.3 cm³/mol. The molecule has 0 spiro atoms. The van der Waals surface area contributed by atoms with Crippen LogP contribution in [0.15, 0.2) is 12.3 Å². The van der Waals surface area contributed by atoms with Gasteiger partial charge in [0, 0.05) is 17.8 Å². The lowest BCUT2D eigenvalue weighted by molar-refractivity contribution is -0.108. The van der Waals surface area contributed by atoms with Crippen molar-refractivity contribution in [2.45, 2.75) is 25.3 Å². The van der Waals surface area contributed by atoms with Crippen molar-refractivity contribution in [3.8, 4) is 0 Å². The quantitative estimate of drug-likeness (QED) is 0.601. The van der Waals surface area contributed by atoms with Gasteiger partial charge in [0.2, 0.25) is 0 Å². The number of hydrogen-bond acceptors (Lipinski definition) is 2. The van der Waals surface area contributed by atoms with Crippen molar-refractivity contribution in [3.63, 3.8) is 0 Å². The molecule has 11 heavy (non-hydrogen) atoms. The number of carbonyl (C=O) groups excluding carboxylic acids is 1. The smallest absolute Gasteiger partial charge is 0.141 e. The van der Waals surface area contributed by atoms with E-state index in [0.29, 0.717) is 12.5 Å². The van der Waals surface area contributed by atoms with E-state index in [1.54, 1.807) is 10.9 Å². The van der Waals surface area contributed by atoms with Crippen LogP contribution in [-0.4, -0.2) is 16.1 Å². The summed E-state index contributed by atoms with van der Waals surface area (Å²) in [5.74, 6) is 0.678. The van der Waals surface area contributed by atoms with E-state index in [4.69, 9.17) is 0 Å². The van der Waals surface area contributed by atoms with E-state index in [1.165, 1.54) is 18.5 Å². The maximum absolute atomic E-state index is 10.2. The first-order chi connectivity index (χ1) is 5.42. The highest BCUT2D eigenvalue weighted by Crippen LogP contribution is 2.39. The van der Waals surface area contributed by atoms with Gasteiger partial charge in [-0.15, -0.1) is 0 Å². The molecule has 1 fully saturated rings. The molecule has 1 aromatic heterocycles. The summed E-state index contributed by atoms with van der Waals surface area (Å²) in [6, 6.07) is 2.00. The summed E-state index contributed by atoms with van der Waals surface area (Å²) in [5, 5.41) is 4.05. The van der Waals surface area contributed by atoms with Crippen molar-refractivity contribution in [3.05, 3.63) is 18.0 Å². The molecule has 0 unspecified atom stereocenters. The van der Waals surface area contributed by atoms with E-state index in [-0.39, 0.29) is 0 Å². The number of carbonyl (C=O) groups is 1. The zero-order valence-electron chi connectivity index (χ0n) is 6.23. The SMILES string of the molecule is O=CCn1nccc1C1CC1. The number of aldehydes is 1. The van der Waals surface area contributed by atoms with Crippen molar-refractivity contribution in [1.29, 1.82) is 0 Å². The Balaban J connectivity index is 2.22. The summed E-state index contributed by atoms with van der Waals surface area (Å²) in [6.45, 7) is 0.402. The Kier molecular flexibility index (Phi) is 1.49. The standard InChI is InChI=1S/C8H10N2O/c11-6-5-10-8(3-4-9-10)7-1-2-7/h3-4,6-7H,1-2,5H2. The van der Waals surface area contributed by atoms with Gasteiger partial charge in [-0.05, 0) is 18.9 Å². The lowest BCUT2D eigenvalue weighted by Crippen LogP contribution is -2.04. The van der Waals surface area contributed by atoms with E-state index in [9.17, 15) is 4.79 Å². The molecular formula is C8H10N2O. The summed E-state index contributed by atoms with van der Waals surface area (Å²) in [5.41, 5.74) is 1.22. The molecule has 0 radical (unpaired) electrons. The third-order valence-electron chi connectivity index (χ3n) is 1.99. The highest BCUT2D eigenvalue weighted by Gasteiger charge is 2.26. The topological polar surface area (TPSA) is 34.9 Å². The van der Waals surface area contributed by atoms with Crippen LogP contribution < -0.4 is 0 Å². The van der Waals surface area contributed by atoms with Crippen LogP contribution in [0.3, 0.4) is 0 Å². The molecular weight excluding hydrogens is 140 g/mol. The maximum atomic E-state index is 10.2. The second-order valence-electron chi connectivity index (χ2n) is 2.88. The number of aromatic nitrogens is 2. The zero-order valence-corrected chi connectivity index (χ0v) is 6.23. The van der Waals surface area contributed by atoms with Crippen LogP contribution in [0.1, 0.15) is 24.5 Å². The van der Waals surface area contributed by atoms with Crippen LogP contribution >= 0.6 is 0 Å². The minimum absolute atomic E-state index is 0.402. The van der Waals surface area contributed by atoms with Gasteiger partial charge in [-0.2, -0.15) is 5.10 Å². The first-order valence-electron chi connectivity index (χ1n) is 3.87. The first-order valence-corrected chi connectivity index (χ1v) is 3.87. The highest BCUT2D eigenvalue weighted by atomic mass is 16.1. The Bertz CT molecular complexity index is 263. The molecule has 1 heterocycles. The molecule has 2 rings (SSSR count). The summed E-state index contributed by atoms with van der Waals surface area (Å²) < 4.78 is 1.78. The minimum atomic E-state index is 0.402. The van der Waals surface area contributed by atoms with Crippen molar-refractivity contribution in [1.82, 2.24) is 9.78 Å². The van der Waals surface area contributed by atoms with Crippen molar-refractivity contribution < 1.29 is 4.79 Å². The third-order valence-corrected chi connectivity index (χ3v) is 1.99. The molecule has 0 saturated heterocycles. The third kappa shape index (κ3) is 1.18. The normalized spacial score (nSPS) is 16.7. The summed E-state index contributed by atoms with van der Waals surface area (Å²) >= 11 is 0. The van der Waals surface area contributed by atoms with E-state index >= 15 is 0 Å². The van der Waals surface area contributed by atoms with Crippen LogP contribution in [0.25, 0.3) is 0 Å². The summed E-state index contributed by atoms with van der Waals surface area (Å²) in [4.78, 5) is 10.2. The Labute approximate surface area is 65.0 Å². The number of nitrogens with zero attached hydrogens (tertiary/aromatic N) is 2. The largest absolute Gasteiger partial charge is 0.301 e. The van der Waals surface area contributed by atoms with Gasteiger partial charge >= 0.3 is 0 Å². The number of hydrogen-bond donors (Lipinski definition) is 0. The maximum Gasteiger partial charge on any atom is 0.141 e. The van der Waals surface area contributed by atoms with E-state index in [2.05, 4.69) is 5.10 Å². The molecule has 0 N–H and O–H groups in total. The van der Waals surface area contributed by atoms with Gasteiger partial charge in [-0.25, -0.2) is 0 Å². The fourth-order valence-electron chi connectivity index (χ4n) is 1.29. The Morgan fingerprint density at radius 2 is 2.55 bits per heavy atom. The monoisotopic (exact) mass is 150 g/mol. The Morgan fingerprint density at radius 3 is 3.18 bits per heavy atom. The van der Waals surface area contributed by atoms with Crippen molar-refractivity contribution in [2.75, 3.05) is 0 Å². The summed E-state index contributed by atoms with van der Waals surface area (Å²) in [7, 11) is 0. The molecule has 0 amide bonds. The molecule has 1 aliphatic carbocycles. The lowest BCUT2D eigenvalue weighted by atomic mass is 10.3. The summed E-state index contributed by atoms with van der Waals surface area (Å²) in [6.07, 6.45) is 5.16. The molecule has 1 saturated carbocycles. The van der Waals surface area contributed by atoms with Crippen LogP contribution in [0, 0.1) is 0 Å². The molecule has 3 heteroatoms. The molecule has 58 valence electrons. The van der Waals surface area contributed by atoms with Crippen LogP contribution in [-0.2, 0) is 11.3 Å². The van der Waals surface area contributed by atoms with E-state index in [1.807, 2.05) is 6.07 Å². The molecule has 3 nitrogen and oxygen atoms in total. The molecule has 1 aliphatic rings. The molecule has 0 bridgehead atoms. The molecule has 0 atom stereocenters. The van der Waals surface area contributed by atoms with Gasteiger partial charge in [0.1, 0.15) is 6.29 Å². The second-order valence-corrected chi connectivity index (χ2v) is 2.88. The van der Waals surface area contributed by atoms with Crippen LogP contribution in [0.4, 0.5) is 0 Å². The van der Waals surface area contributed by atoms with Gasteiger partial charge in [-0.3, -0.25) is 4.68 Å². The average molecular weight is 150 g/mol. The molecule has 0 aromatic carbocycles. The van der Waals surface area contributed by atoms with Crippen LogP contribution in [0.2, 0.25) is 0 Å². The molecule has 0 aliphatic heterocycles. The van der Waals surface area contributed by atoms with Gasteiger partial charge in [0.05, 0.1) is 6.54 Å². The van der Waals surface area contributed by atoms with E-state index < -0.39 is 0 Å². The zero-order chi connectivity index (χ0) is 7.68. The fraction of sp³-hybridized carbons (Fsp3) is 0.500. The van der Waals surface area contributed by atoms with E-state index in [0.717, 1.165) is 6.29 Å². The molecule has 1 aromatic rings. The van der Waals surface area contributed by atoms with Gasteiger partial charge < -0.3 is 4.79 Å². The lowest BCUT2D eigenvalue weighted by Gasteiger charge is -1.99. The second kappa shape index (κ2) is 2.49. The van der Waals surface area contributed by atoms with Crippen molar-refractivity contribution in [2.24, 2.45) is 0 Å². The highest BCUT2D eigenvalue weighted by molar-refractivity contribution is 5.49. The number of rotatable bonds is 3. The predicted octanol–water partition coefficient (Wildman–Crippen LogP) is 0.959.